The number of ether oxygens (including phenoxy) is 3. The molecule has 0 aliphatic carbocycles. The average Bonchev–Trinajstić information content (AvgIpc) is 2.80. The molecule has 0 fully saturated rings. The van der Waals surface area contributed by atoms with Crippen LogP contribution in [0.1, 0.15) is 56.8 Å². The van der Waals surface area contributed by atoms with Crippen LogP contribution in [0.25, 0.3) is 0 Å². The third kappa shape index (κ3) is 10.0. The molecule has 176 valence electrons. The number of rotatable bonds is 15. The van der Waals surface area contributed by atoms with Gasteiger partial charge in [0.1, 0.15) is 5.75 Å². The smallest absolute Gasteiger partial charge is 0.343 e. The van der Waals surface area contributed by atoms with Crippen LogP contribution >= 0.6 is 11.6 Å². The molecule has 2 unspecified atom stereocenters. The van der Waals surface area contributed by atoms with E-state index in [0.29, 0.717) is 5.75 Å². The highest BCUT2D eigenvalue weighted by Gasteiger charge is 2.14. The third-order valence-electron chi connectivity index (χ3n) is 5.24. The van der Waals surface area contributed by atoms with Gasteiger partial charge in [-0.1, -0.05) is 62.1 Å². The number of halogens is 1. The van der Waals surface area contributed by atoms with Gasteiger partial charge in [0.15, 0.2) is 6.61 Å². The van der Waals surface area contributed by atoms with Gasteiger partial charge >= 0.3 is 5.97 Å². The Bertz CT molecular complexity index is 797. The highest BCUT2D eigenvalue weighted by Crippen LogP contribution is 2.22. The third-order valence-corrected chi connectivity index (χ3v) is 5.47. The minimum absolute atomic E-state index is 0.0353. The Morgan fingerprint density at radius 1 is 1.09 bits per heavy atom. The van der Waals surface area contributed by atoms with Crippen LogP contribution in [0.5, 0.6) is 5.75 Å². The molecule has 0 spiro atoms. The first kappa shape index (κ1) is 26.2. The topological polar surface area (TPSA) is 56.8 Å². The van der Waals surface area contributed by atoms with E-state index in [-0.39, 0.29) is 18.8 Å². The number of nitrogens with one attached hydrogen (secondary N) is 1. The van der Waals surface area contributed by atoms with Crippen molar-refractivity contribution >= 4 is 17.6 Å². The molecule has 2 atom stereocenters. The second kappa shape index (κ2) is 14.9. The molecule has 0 heterocycles. The maximum atomic E-state index is 11.2. The summed E-state index contributed by atoms with van der Waals surface area (Å²) in [6.07, 6.45) is 5.57. The zero-order valence-electron chi connectivity index (χ0n) is 19.4. The van der Waals surface area contributed by atoms with Crippen molar-refractivity contribution in [2.75, 3.05) is 26.9 Å². The second-order valence-corrected chi connectivity index (χ2v) is 8.43. The summed E-state index contributed by atoms with van der Waals surface area (Å²) >= 11 is 6.21. The van der Waals surface area contributed by atoms with Crippen LogP contribution in [-0.2, 0) is 20.7 Å². The summed E-state index contributed by atoms with van der Waals surface area (Å²) in [5.74, 6) is 0.256. The molecule has 2 aromatic rings. The molecular weight excluding hydrogens is 426 g/mol. The molecule has 0 aromatic heterocycles. The summed E-state index contributed by atoms with van der Waals surface area (Å²) < 4.78 is 16.2. The van der Waals surface area contributed by atoms with E-state index in [1.54, 1.807) is 0 Å². The summed E-state index contributed by atoms with van der Waals surface area (Å²) in [6, 6.07) is 16.0. The molecular formula is C26H36ClNO4. The van der Waals surface area contributed by atoms with E-state index in [4.69, 9.17) is 21.1 Å². The number of hydrogen-bond acceptors (Lipinski definition) is 5. The van der Waals surface area contributed by atoms with Crippen molar-refractivity contribution < 1.29 is 19.0 Å². The average molecular weight is 462 g/mol. The van der Waals surface area contributed by atoms with Gasteiger partial charge < -0.3 is 19.5 Å². The van der Waals surface area contributed by atoms with Gasteiger partial charge in [-0.05, 0) is 55.2 Å². The normalized spacial score (nSPS) is 12.9. The van der Waals surface area contributed by atoms with E-state index in [0.717, 1.165) is 36.6 Å². The van der Waals surface area contributed by atoms with Crippen molar-refractivity contribution in [3.63, 3.8) is 0 Å². The molecule has 5 nitrogen and oxygen atoms in total. The number of benzene rings is 2. The minimum atomic E-state index is -0.395. The van der Waals surface area contributed by atoms with E-state index in [2.05, 4.69) is 30.0 Å². The molecule has 2 aromatic carbocycles. The largest absolute Gasteiger partial charge is 0.482 e. The standard InChI is InChI=1S/C26H36ClNO4/c1-4-5-6-7-15-31-25(22-9-8-10-23(27)17-22)18-28-20(2)16-21-11-13-24(14-12-21)32-19-26(29)30-3/h8-14,17,20,25,28H,4-7,15-16,18-19H2,1-3H3. The first-order valence-corrected chi connectivity index (χ1v) is 11.8. The number of carbonyl (C=O) groups is 1. The highest BCUT2D eigenvalue weighted by atomic mass is 35.5. The molecule has 32 heavy (non-hydrogen) atoms. The van der Waals surface area contributed by atoms with E-state index >= 15 is 0 Å². The van der Waals surface area contributed by atoms with Gasteiger partial charge in [-0.2, -0.15) is 0 Å². The van der Waals surface area contributed by atoms with Gasteiger partial charge in [-0.3, -0.25) is 0 Å². The molecule has 0 aliphatic heterocycles. The maximum Gasteiger partial charge on any atom is 0.343 e. The van der Waals surface area contributed by atoms with E-state index in [1.165, 1.54) is 31.9 Å². The predicted molar refractivity (Wildman–Crippen MR) is 129 cm³/mol. The fourth-order valence-corrected chi connectivity index (χ4v) is 3.59. The van der Waals surface area contributed by atoms with Crippen LogP contribution < -0.4 is 10.1 Å². The van der Waals surface area contributed by atoms with Crippen molar-refractivity contribution in [1.82, 2.24) is 5.32 Å². The maximum absolute atomic E-state index is 11.2. The monoisotopic (exact) mass is 461 g/mol. The lowest BCUT2D eigenvalue weighted by atomic mass is 10.1. The number of unbranched alkanes of at least 4 members (excludes halogenated alkanes) is 3. The number of carbonyl (C=O) groups excluding carboxylic acids is 1. The molecule has 0 saturated carbocycles. The van der Waals surface area contributed by atoms with Gasteiger partial charge in [-0.15, -0.1) is 0 Å². The van der Waals surface area contributed by atoms with Crippen molar-refractivity contribution in [3.05, 3.63) is 64.7 Å². The molecule has 0 aliphatic rings. The lowest BCUT2D eigenvalue weighted by Crippen LogP contribution is -2.33. The van der Waals surface area contributed by atoms with Crippen molar-refractivity contribution in [2.45, 2.75) is 58.1 Å². The van der Waals surface area contributed by atoms with Gasteiger partial charge in [0, 0.05) is 24.2 Å². The zero-order chi connectivity index (χ0) is 23.2. The molecule has 2 rings (SSSR count). The van der Waals surface area contributed by atoms with E-state index in [9.17, 15) is 4.79 Å². The van der Waals surface area contributed by atoms with Gasteiger partial charge in [0.05, 0.1) is 13.2 Å². The first-order valence-electron chi connectivity index (χ1n) is 11.4. The van der Waals surface area contributed by atoms with Gasteiger partial charge in [-0.25, -0.2) is 4.79 Å². The second-order valence-electron chi connectivity index (χ2n) is 8.00. The van der Waals surface area contributed by atoms with Gasteiger partial charge in [0.25, 0.3) is 0 Å². The molecule has 6 heteroatoms. The molecule has 0 bridgehead atoms. The molecule has 1 N–H and O–H groups in total. The fraction of sp³-hybridized carbons (Fsp3) is 0.500. The Morgan fingerprint density at radius 3 is 2.56 bits per heavy atom. The van der Waals surface area contributed by atoms with Crippen molar-refractivity contribution in [3.8, 4) is 5.75 Å². The number of esters is 1. The van der Waals surface area contributed by atoms with Crippen molar-refractivity contribution in [1.29, 1.82) is 0 Å². The Labute approximate surface area is 197 Å². The molecule has 0 radical (unpaired) electrons. The molecule has 0 saturated heterocycles. The quantitative estimate of drug-likeness (QED) is 0.270. The summed E-state index contributed by atoms with van der Waals surface area (Å²) in [6.45, 7) is 5.76. The van der Waals surface area contributed by atoms with Crippen LogP contribution in [0.2, 0.25) is 5.02 Å². The number of methoxy groups -OCH3 is 1. The lowest BCUT2D eigenvalue weighted by molar-refractivity contribution is -0.142. The van der Waals surface area contributed by atoms with Crippen LogP contribution in [-0.4, -0.2) is 38.9 Å². The first-order chi connectivity index (χ1) is 15.5. The Balaban J connectivity index is 1.85. The van der Waals surface area contributed by atoms with Crippen LogP contribution in [0.3, 0.4) is 0 Å². The summed E-state index contributed by atoms with van der Waals surface area (Å²) in [7, 11) is 1.34. The van der Waals surface area contributed by atoms with Gasteiger partial charge in [0.2, 0.25) is 0 Å². The summed E-state index contributed by atoms with van der Waals surface area (Å²) in [5.41, 5.74) is 2.29. The van der Waals surface area contributed by atoms with Crippen LogP contribution in [0, 0.1) is 0 Å². The Morgan fingerprint density at radius 2 is 1.88 bits per heavy atom. The lowest BCUT2D eigenvalue weighted by Gasteiger charge is -2.22. The van der Waals surface area contributed by atoms with Crippen LogP contribution in [0.15, 0.2) is 48.5 Å². The SMILES string of the molecule is CCCCCCOC(CNC(C)Cc1ccc(OCC(=O)OC)cc1)c1cccc(Cl)c1. The Kier molecular flexibility index (Phi) is 12.2. The Hall–Kier alpha value is -2.08. The van der Waals surface area contributed by atoms with E-state index < -0.39 is 5.97 Å². The van der Waals surface area contributed by atoms with E-state index in [1.807, 2.05) is 42.5 Å². The van der Waals surface area contributed by atoms with Crippen molar-refractivity contribution in [2.24, 2.45) is 0 Å². The number of hydrogen-bond donors (Lipinski definition) is 1. The highest BCUT2D eigenvalue weighted by molar-refractivity contribution is 6.30. The summed E-state index contributed by atoms with van der Waals surface area (Å²) in [5, 5.41) is 4.33. The summed E-state index contributed by atoms with van der Waals surface area (Å²) in [4.78, 5) is 11.2. The predicted octanol–water partition coefficient (Wildman–Crippen LogP) is 5.75. The van der Waals surface area contributed by atoms with Crippen LogP contribution in [0.4, 0.5) is 0 Å². The zero-order valence-corrected chi connectivity index (χ0v) is 20.2. The fourth-order valence-electron chi connectivity index (χ4n) is 3.39. The molecule has 0 amide bonds. The minimum Gasteiger partial charge on any atom is -0.482 e.